The van der Waals surface area contributed by atoms with Crippen molar-refractivity contribution in [3.05, 3.63) is 101 Å². The third-order valence-electron chi connectivity index (χ3n) is 7.99. The van der Waals surface area contributed by atoms with Gasteiger partial charge in [-0.1, -0.05) is 48.5 Å². The molecule has 1 atom stereocenters. The van der Waals surface area contributed by atoms with E-state index in [1.54, 1.807) is 30.3 Å². The van der Waals surface area contributed by atoms with E-state index in [4.69, 9.17) is 9.73 Å². The molecule has 170 valence electrons. The third-order valence-corrected chi connectivity index (χ3v) is 7.99. The van der Waals surface area contributed by atoms with Gasteiger partial charge in [-0.3, -0.25) is 14.6 Å². The zero-order chi connectivity index (χ0) is 24.1. The molecular formula is C30H22N2O3. The summed E-state index contributed by atoms with van der Waals surface area (Å²) in [5.41, 5.74) is 3.64. The minimum atomic E-state index is -0.781. The number of hydrogen-bond donors (Lipinski definition) is 0. The highest BCUT2D eigenvalue weighted by atomic mass is 16.5. The Balaban J connectivity index is 1.41. The molecule has 5 heteroatoms. The molecule has 0 fully saturated rings. The summed E-state index contributed by atoms with van der Waals surface area (Å²) in [4.78, 5) is 33.7. The van der Waals surface area contributed by atoms with Gasteiger partial charge in [0.2, 0.25) is 5.72 Å². The molecule has 1 aliphatic carbocycles. The monoisotopic (exact) mass is 458 g/mol. The lowest BCUT2D eigenvalue weighted by Crippen LogP contribution is -2.61. The normalized spacial score (nSPS) is 20.9. The Kier molecular flexibility index (Phi) is 3.71. The highest BCUT2D eigenvalue weighted by molar-refractivity contribution is 6.32. The van der Waals surface area contributed by atoms with E-state index in [9.17, 15) is 9.59 Å². The summed E-state index contributed by atoms with van der Waals surface area (Å²) in [7, 11) is 2.03. The van der Waals surface area contributed by atoms with E-state index in [0.29, 0.717) is 39.1 Å². The van der Waals surface area contributed by atoms with Crippen LogP contribution in [0.1, 0.15) is 51.3 Å². The predicted molar refractivity (Wildman–Crippen MR) is 137 cm³/mol. The zero-order valence-corrected chi connectivity index (χ0v) is 19.6. The van der Waals surface area contributed by atoms with Gasteiger partial charge in [0.1, 0.15) is 11.4 Å². The molecule has 5 nitrogen and oxygen atoms in total. The maximum absolute atomic E-state index is 13.5. The molecule has 1 spiro atoms. The molecule has 7 rings (SSSR count). The van der Waals surface area contributed by atoms with E-state index in [1.165, 1.54) is 5.56 Å². The maximum atomic E-state index is 13.5. The predicted octanol–water partition coefficient (Wildman–Crippen LogP) is 5.83. The molecule has 4 aromatic carbocycles. The topological polar surface area (TPSA) is 59.0 Å². The lowest BCUT2D eigenvalue weighted by Gasteiger charge is -2.45. The van der Waals surface area contributed by atoms with Crippen molar-refractivity contribution in [2.45, 2.75) is 25.0 Å². The van der Waals surface area contributed by atoms with Crippen molar-refractivity contribution in [3.8, 4) is 5.75 Å². The second-order valence-corrected chi connectivity index (χ2v) is 9.96. The molecular weight excluding hydrogens is 436 g/mol. The van der Waals surface area contributed by atoms with Gasteiger partial charge >= 0.3 is 0 Å². The lowest BCUT2D eigenvalue weighted by atomic mass is 9.77. The van der Waals surface area contributed by atoms with Crippen molar-refractivity contribution in [3.63, 3.8) is 0 Å². The summed E-state index contributed by atoms with van der Waals surface area (Å²) in [5.74, 6) is 0.397. The highest BCUT2D eigenvalue weighted by Gasteiger charge is 2.58. The Labute approximate surface area is 202 Å². The number of hydrogen-bond acceptors (Lipinski definition) is 5. The number of fused-ring (bicyclic) bond motifs is 7. The quantitative estimate of drug-likeness (QED) is 0.293. The number of aliphatic imine (C=N–C) groups is 1. The number of para-hydroxylation sites is 1. The van der Waals surface area contributed by atoms with Crippen LogP contribution in [0.25, 0.3) is 10.8 Å². The first-order chi connectivity index (χ1) is 16.8. The van der Waals surface area contributed by atoms with Crippen LogP contribution in [0.2, 0.25) is 0 Å². The first-order valence-corrected chi connectivity index (χ1v) is 11.7. The van der Waals surface area contributed by atoms with Gasteiger partial charge in [0.05, 0.1) is 11.6 Å². The molecule has 4 aromatic rings. The van der Waals surface area contributed by atoms with Gasteiger partial charge < -0.3 is 9.64 Å². The molecule has 2 aliphatic heterocycles. The van der Waals surface area contributed by atoms with Gasteiger partial charge in [-0.2, -0.15) is 0 Å². The van der Waals surface area contributed by atoms with Gasteiger partial charge in [0, 0.05) is 40.4 Å². The standard InChI is InChI=1S/C30H22N2O3/c1-29(2)22-10-6-7-11-23(22)32(3)30(29)16-31-26-18-12-13-21-25(17(18)14-15-24(26)35-30)28(34)20-9-5-4-8-19(20)27(21)33/h4-16H,1-3H3/t30-/m1/s1. The Morgan fingerprint density at radius 2 is 1.46 bits per heavy atom. The van der Waals surface area contributed by atoms with Crippen LogP contribution in [0, 0.1) is 0 Å². The number of likely N-dealkylation sites (N-methyl/N-ethyl adjacent to an activating group) is 1. The van der Waals surface area contributed by atoms with Crippen LogP contribution >= 0.6 is 0 Å². The van der Waals surface area contributed by atoms with Crippen LogP contribution in [0.15, 0.2) is 77.8 Å². The molecule has 0 bridgehead atoms. The Hall–Kier alpha value is -4.25. The van der Waals surface area contributed by atoms with Crippen molar-refractivity contribution >= 4 is 39.9 Å². The molecule has 0 N–H and O–H groups in total. The van der Waals surface area contributed by atoms with E-state index in [0.717, 1.165) is 11.1 Å². The average molecular weight is 459 g/mol. The zero-order valence-electron chi connectivity index (χ0n) is 19.6. The number of anilines is 1. The Bertz CT molecular complexity index is 1670. The number of carbonyl (C=O) groups is 2. The van der Waals surface area contributed by atoms with Crippen LogP contribution < -0.4 is 9.64 Å². The first-order valence-electron chi connectivity index (χ1n) is 11.7. The Morgan fingerprint density at radius 3 is 2.23 bits per heavy atom. The number of carbonyl (C=O) groups excluding carboxylic acids is 2. The number of ketones is 2. The molecule has 0 saturated carbocycles. The molecule has 0 saturated heterocycles. The molecule has 35 heavy (non-hydrogen) atoms. The SMILES string of the molecule is CN1c2ccccc2C(C)(C)[C@]12C=Nc1c(ccc3c4c(ccc13)C(=O)c1ccccc1C4=O)O2. The average Bonchev–Trinajstić information content (AvgIpc) is 3.04. The summed E-state index contributed by atoms with van der Waals surface area (Å²) in [6, 6.07) is 22.7. The molecule has 0 radical (unpaired) electrons. The summed E-state index contributed by atoms with van der Waals surface area (Å²) < 4.78 is 6.77. The van der Waals surface area contributed by atoms with Gasteiger partial charge in [0.25, 0.3) is 0 Å². The summed E-state index contributed by atoms with van der Waals surface area (Å²) in [6.07, 6.45) is 1.89. The van der Waals surface area contributed by atoms with Crippen LogP contribution in [0.3, 0.4) is 0 Å². The van der Waals surface area contributed by atoms with Crippen LogP contribution in [0.5, 0.6) is 5.75 Å². The largest absolute Gasteiger partial charge is 0.459 e. The molecule has 0 amide bonds. The van der Waals surface area contributed by atoms with Crippen LogP contribution in [0.4, 0.5) is 11.4 Å². The summed E-state index contributed by atoms with van der Waals surface area (Å²) >= 11 is 0. The summed E-state index contributed by atoms with van der Waals surface area (Å²) in [6.45, 7) is 4.34. The van der Waals surface area contributed by atoms with Gasteiger partial charge in [0.15, 0.2) is 11.6 Å². The number of ether oxygens (including phenoxy) is 1. The van der Waals surface area contributed by atoms with Crippen molar-refractivity contribution < 1.29 is 14.3 Å². The molecule has 3 aliphatic rings. The second kappa shape index (κ2) is 6.45. The van der Waals surface area contributed by atoms with Gasteiger partial charge in [-0.25, -0.2) is 0 Å². The highest BCUT2D eigenvalue weighted by Crippen LogP contribution is 2.54. The number of nitrogens with zero attached hydrogens (tertiary/aromatic N) is 2. The lowest BCUT2D eigenvalue weighted by molar-refractivity contribution is 0.0826. The van der Waals surface area contributed by atoms with Crippen molar-refractivity contribution in [2.24, 2.45) is 4.99 Å². The number of rotatable bonds is 0. The van der Waals surface area contributed by atoms with E-state index >= 15 is 0 Å². The van der Waals surface area contributed by atoms with E-state index in [-0.39, 0.29) is 17.0 Å². The Morgan fingerprint density at radius 1 is 0.771 bits per heavy atom. The van der Waals surface area contributed by atoms with E-state index in [1.807, 2.05) is 37.5 Å². The van der Waals surface area contributed by atoms with Gasteiger partial charge in [-0.05, 0) is 49.1 Å². The molecule has 0 unspecified atom stereocenters. The molecule has 0 aromatic heterocycles. The summed E-state index contributed by atoms with van der Waals surface area (Å²) in [5, 5.41) is 1.51. The minimum absolute atomic E-state index is 0.124. The maximum Gasteiger partial charge on any atom is 0.228 e. The third kappa shape index (κ3) is 2.30. The minimum Gasteiger partial charge on any atom is -0.459 e. The first kappa shape index (κ1) is 20.2. The fourth-order valence-electron chi connectivity index (χ4n) is 6.05. The fraction of sp³-hybridized carbons (Fsp3) is 0.167. The van der Waals surface area contributed by atoms with Crippen LogP contribution in [-0.4, -0.2) is 30.6 Å². The van der Waals surface area contributed by atoms with E-state index < -0.39 is 5.72 Å². The van der Waals surface area contributed by atoms with E-state index in [2.05, 4.69) is 36.9 Å². The van der Waals surface area contributed by atoms with Crippen molar-refractivity contribution in [1.82, 2.24) is 0 Å². The smallest absolute Gasteiger partial charge is 0.228 e. The fourth-order valence-corrected chi connectivity index (χ4v) is 6.05. The van der Waals surface area contributed by atoms with Crippen LogP contribution in [-0.2, 0) is 5.41 Å². The molecule has 2 heterocycles. The van der Waals surface area contributed by atoms with Crippen molar-refractivity contribution in [1.29, 1.82) is 0 Å². The second-order valence-electron chi connectivity index (χ2n) is 9.96. The van der Waals surface area contributed by atoms with Crippen molar-refractivity contribution in [2.75, 3.05) is 11.9 Å². The number of benzene rings is 4. The van der Waals surface area contributed by atoms with Gasteiger partial charge in [-0.15, -0.1) is 0 Å².